The maximum atomic E-state index is 12.5. The maximum absolute atomic E-state index is 12.5. The van der Waals surface area contributed by atoms with Crippen molar-refractivity contribution in [2.75, 3.05) is 25.0 Å². The Morgan fingerprint density at radius 1 is 1.17 bits per heavy atom. The lowest BCUT2D eigenvalue weighted by Crippen LogP contribution is -2.53. The van der Waals surface area contributed by atoms with Crippen LogP contribution in [0.15, 0.2) is 12.3 Å². The van der Waals surface area contributed by atoms with Gasteiger partial charge in [-0.25, -0.2) is 4.79 Å². The normalized spacial score (nSPS) is 17.2. The van der Waals surface area contributed by atoms with E-state index in [0.717, 1.165) is 62.4 Å². The van der Waals surface area contributed by atoms with Crippen LogP contribution in [0.2, 0.25) is 0 Å². The van der Waals surface area contributed by atoms with E-state index in [-0.39, 0.29) is 17.6 Å². The zero-order chi connectivity index (χ0) is 21.5. The first-order valence-corrected chi connectivity index (χ1v) is 10.9. The van der Waals surface area contributed by atoms with Crippen LogP contribution in [0.1, 0.15) is 51.2 Å². The Hall–Kier alpha value is -2.64. The average molecular weight is 412 g/mol. The minimum absolute atomic E-state index is 0.00200. The van der Waals surface area contributed by atoms with Gasteiger partial charge in [0.15, 0.2) is 5.82 Å². The molecular weight excluding hydrogens is 378 g/mol. The van der Waals surface area contributed by atoms with Gasteiger partial charge < -0.3 is 15.1 Å². The van der Waals surface area contributed by atoms with Crippen LogP contribution in [0.3, 0.4) is 0 Å². The number of hydrogen-bond acceptors (Lipinski definition) is 5. The van der Waals surface area contributed by atoms with Crippen molar-refractivity contribution in [1.82, 2.24) is 30.2 Å². The van der Waals surface area contributed by atoms with Crippen LogP contribution in [0.25, 0.3) is 11.4 Å². The molecule has 0 saturated carbocycles. The summed E-state index contributed by atoms with van der Waals surface area (Å²) in [7, 11) is 3.85. The first-order valence-electron chi connectivity index (χ1n) is 10.9. The second kappa shape index (κ2) is 7.89. The summed E-state index contributed by atoms with van der Waals surface area (Å²) in [6.07, 6.45) is 6.93. The molecule has 162 valence electrons. The van der Waals surface area contributed by atoms with E-state index < -0.39 is 0 Å². The molecule has 30 heavy (non-hydrogen) atoms. The van der Waals surface area contributed by atoms with Crippen molar-refractivity contribution in [3.8, 4) is 11.4 Å². The fourth-order valence-electron chi connectivity index (χ4n) is 4.58. The van der Waals surface area contributed by atoms with E-state index in [4.69, 9.17) is 0 Å². The first kappa shape index (κ1) is 20.6. The molecule has 1 fully saturated rings. The number of nitrogens with one attached hydrogen (secondary N) is 1. The van der Waals surface area contributed by atoms with Gasteiger partial charge in [0.25, 0.3) is 0 Å². The molecule has 1 aliphatic heterocycles. The molecule has 2 aromatic rings. The zero-order valence-electron chi connectivity index (χ0n) is 18.8. The summed E-state index contributed by atoms with van der Waals surface area (Å²) in [4.78, 5) is 16.7. The van der Waals surface area contributed by atoms with E-state index in [9.17, 15) is 4.79 Å². The third-order valence-electron chi connectivity index (χ3n) is 6.20. The van der Waals surface area contributed by atoms with Crippen molar-refractivity contribution in [3.63, 3.8) is 0 Å². The van der Waals surface area contributed by atoms with Gasteiger partial charge in [-0.15, -0.1) is 10.2 Å². The van der Waals surface area contributed by atoms with Crippen LogP contribution in [-0.4, -0.2) is 62.6 Å². The number of piperidine rings is 1. The van der Waals surface area contributed by atoms with Gasteiger partial charge in [-0.3, -0.25) is 4.68 Å². The van der Waals surface area contributed by atoms with E-state index in [0.29, 0.717) is 0 Å². The molecule has 8 nitrogen and oxygen atoms in total. The molecule has 8 heteroatoms. The van der Waals surface area contributed by atoms with Gasteiger partial charge >= 0.3 is 6.03 Å². The average Bonchev–Trinajstić information content (AvgIpc) is 3.35. The topological polar surface area (TPSA) is 79.2 Å². The first-order chi connectivity index (χ1) is 14.2. The second-order valence-corrected chi connectivity index (χ2v) is 9.53. The molecule has 2 amide bonds. The number of urea groups is 1. The number of hydrogen-bond donors (Lipinski definition) is 1. The predicted molar refractivity (Wildman–Crippen MR) is 118 cm³/mol. The lowest BCUT2D eigenvalue weighted by atomic mass is 10.0. The van der Waals surface area contributed by atoms with Crippen LogP contribution in [0.4, 0.5) is 10.6 Å². The number of fused-ring (bicyclic) bond motifs is 1. The summed E-state index contributed by atoms with van der Waals surface area (Å²) in [5, 5.41) is 16.6. The predicted octanol–water partition coefficient (Wildman–Crippen LogP) is 2.77. The van der Waals surface area contributed by atoms with Crippen molar-refractivity contribution in [2.24, 2.45) is 7.05 Å². The van der Waals surface area contributed by atoms with Gasteiger partial charge in [-0.2, -0.15) is 5.10 Å². The number of aromatic nitrogens is 4. The van der Waals surface area contributed by atoms with Crippen LogP contribution >= 0.6 is 0 Å². The smallest absolute Gasteiger partial charge is 0.317 e. The Labute approximate surface area is 178 Å². The summed E-state index contributed by atoms with van der Waals surface area (Å²) >= 11 is 0. The maximum Gasteiger partial charge on any atom is 0.317 e. The number of amides is 2. The summed E-state index contributed by atoms with van der Waals surface area (Å²) in [6, 6.07) is 2.26. The minimum Gasteiger partial charge on any atom is -0.355 e. The Morgan fingerprint density at radius 2 is 1.87 bits per heavy atom. The van der Waals surface area contributed by atoms with Crippen LogP contribution in [0.5, 0.6) is 0 Å². The molecule has 2 aliphatic rings. The number of anilines is 1. The second-order valence-electron chi connectivity index (χ2n) is 9.53. The lowest BCUT2D eigenvalue weighted by molar-refractivity contribution is 0.171. The third-order valence-corrected chi connectivity index (χ3v) is 6.20. The highest BCUT2D eigenvalue weighted by atomic mass is 16.2. The Morgan fingerprint density at radius 3 is 2.50 bits per heavy atom. The van der Waals surface area contributed by atoms with Crippen molar-refractivity contribution in [3.05, 3.63) is 23.4 Å². The van der Waals surface area contributed by atoms with E-state index >= 15 is 0 Å². The number of carbonyl (C=O) groups is 1. The minimum atomic E-state index is -0.224. The highest BCUT2D eigenvalue weighted by Crippen LogP contribution is 2.36. The van der Waals surface area contributed by atoms with Gasteiger partial charge in [-0.1, -0.05) is 0 Å². The third kappa shape index (κ3) is 4.00. The van der Waals surface area contributed by atoms with Crippen LogP contribution < -0.4 is 10.2 Å². The number of rotatable bonds is 3. The van der Waals surface area contributed by atoms with Gasteiger partial charge in [-0.05, 0) is 64.5 Å². The number of aryl methyl sites for hydroxylation is 1. The quantitative estimate of drug-likeness (QED) is 0.840. The Balaban J connectivity index is 1.48. The van der Waals surface area contributed by atoms with Crippen molar-refractivity contribution >= 4 is 11.8 Å². The summed E-state index contributed by atoms with van der Waals surface area (Å²) in [5.74, 6) is 1.04. The zero-order valence-corrected chi connectivity index (χ0v) is 18.8. The molecule has 1 N–H and O–H groups in total. The standard InChI is InChI=1S/C22H33N7O/c1-22(2,3)24-21(30)27(4)15-10-13-29(14-11-15)20-17-8-6-7-16(17)19(25-26-20)18-9-12-23-28(18)5/h9,12,15H,6-8,10-11,13-14H2,1-5H3,(H,24,30). The molecule has 0 atom stereocenters. The molecular formula is C22H33N7O. The van der Waals surface area contributed by atoms with E-state index in [1.54, 1.807) is 0 Å². The molecule has 0 unspecified atom stereocenters. The molecule has 4 rings (SSSR count). The van der Waals surface area contributed by atoms with Gasteiger partial charge in [0.1, 0.15) is 5.69 Å². The SMILES string of the molecule is CN(C(=O)NC(C)(C)C)C1CCN(c2nnc(-c3ccnn3C)c3c2CCC3)CC1. The van der Waals surface area contributed by atoms with E-state index in [2.05, 4.69) is 25.5 Å². The molecule has 1 saturated heterocycles. The molecule has 0 bridgehead atoms. The largest absolute Gasteiger partial charge is 0.355 e. The van der Waals surface area contributed by atoms with Crippen LogP contribution in [0, 0.1) is 0 Å². The lowest BCUT2D eigenvalue weighted by Gasteiger charge is -2.38. The van der Waals surface area contributed by atoms with Crippen LogP contribution in [-0.2, 0) is 19.9 Å². The van der Waals surface area contributed by atoms with E-state index in [1.807, 2.05) is 56.7 Å². The van der Waals surface area contributed by atoms with Gasteiger partial charge in [0, 0.05) is 50.5 Å². The molecule has 0 aromatic carbocycles. The monoisotopic (exact) mass is 411 g/mol. The van der Waals surface area contributed by atoms with Gasteiger partial charge in [0.05, 0.1) is 5.69 Å². The summed E-state index contributed by atoms with van der Waals surface area (Å²) in [5.41, 5.74) is 4.45. The Kier molecular flexibility index (Phi) is 5.42. The van der Waals surface area contributed by atoms with Gasteiger partial charge in [0.2, 0.25) is 0 Å². The molecule has 0 radical (unpaired) electrons. The molecule has 1 aliphatic carbocycles. The molecule has 2 aromatic heterocycles. The molecule has 0 spiro atoms. The highest BCUT2D eigenvalue weighted by Gasteiger charge is 2.31. The van der Waals surface area contributed by atoms with Crippen molar-refractivity contribution in [1.29, 1.82) is 0 Å². The van der Waals surface area contributed by atoms with Crippen molar-refractivity contribution in [2.45, 2.75) is 64.5 Å². The number of nitrogens with zero attached hydrogens (tertiary/aromatic N) is 6. The highest BCUT2D eigenvalue weighted by molar-refractivity contribution is 5.75. The fraction of sp³-hybridized carbons (Fsp3) is 0.636. The fourth-order valence-corrected chi connectivity index (χ4v) is 4.58. The number of carbonyl (C=O) groups excluding carboxylic acids is 1. The van der Waals surface area contributed by atoms with Crippen molar-refractivity contribution < 1.29 is 4.79 Å². The molecule has 3 heterocycles. The summed E-state index contributed by atoms with van der Waals surface area (Å²) < 4.78 is 1.87. The summed E-state index contributed by atoms with van der Waals surface area (Å²) in [6.45, 7) is 7.81. The van der Waals surface area contributed by atoms with E-state index in [1.165, 1.54) is 11.1 Å². The Bertz CT molecular complexity index is 922.